The number of nitrogens with one attached hydrogen (secondary N) is 3. The third-order valence-electron chi connectivity index (χ3n) is 7.51. The fraction of sp³-hybridized carbons (Fsp3) is 0.393. The van der Waals surface area contributed by atoms with Crippen LogP contribution < -0.4 is 10.6 Å². The number of aryl methyl sites for hydroxylation is 1. The molecule has 1 aromatic heterocycles. The fourth-order valence-electron chi connectivity index (χ4n) is 5.10. The Kier molecular flexibility index (Phi) is 7.72. The summed E-state index contributed by atoms with van der Waals surface area (Å²) in [6, 6.07) is 8.36. The van der Waals surface area contributed by atoms with Gasteiger partial charge >= 0.3 is 12.1 Å². The summed E-state index contributed by atoms with van der Waals surface area (Å²) in [5.41, 5.74) is -1.74. The van der Waals surface area contributed by atoms with Crippen molar-refractivity contribution in [3.05, 3.63) is 70.7 Å². The highest BCUT2D eigenvalue weighted by molar-refractivity contribution is 5.95. The molecule has 39 heavy (non-hydrogen) atoms. The minimum absolute atomic E-state index is 0.0638. The van der Waals surface area contributed by atoms with E-state index in [-0.39, 0.29) is 48.1 Å². The summed E-state index contributed by atoms with van der Waals surface area (Å²) < 4.78 is 54.7. The number of para-hydroxylation sites is 1. The Bertz CT molecular complexity index is 1420. The lowest BCUT2D eigenvalue weighted by Crippen LogP contribution is -2.62. The van der Waals surface area contributed by atoms with Gasteiger partial charge in [0.1, 0.15) is 17.4 Å². The van der Waals surface area contributed by atoms with Crippen molar-refractivity contribution in [3.8, 4) is 0 Å². The van der Waals surface area contributed by atoms with E-state index in [9.17, 15) is 37.1 Å². The van der Waals surface area contributed by atoms with E-state index < -0.39 is 46.9 Å². The summed E-state index contributed by atoms with van der Waals surface area (Å²) in [5.74, 6) is -3.61. The number of alkyl halides is 3. The number of carboxylic acids is 1. The summed E-state index contributed by atoms with van der Waals surface area (Å²) >= 11 is 0. The number of carbonyl (C=O) groups excluding carboxylic acids is 2. The standard InChI is InChI=1S/C28H29F4N3O4/c1-3-15(2)23(34-22(36)13-16-7-4-5-10-20(16)29)25(37)35-27(26(38)39)12-11-21-18(14-27)17-8-6-9-19(24(17)33-21)28(30,31)32/h4-10,15,23,33H,3,11-14H2,1-2H3,(H,34,36)(H,35,37)(H,38,39)/t15?,23-,27?/m0/s1. The molecule has 2 unspecified atom stereocenters. The molecule has 0 spiro atoms. The monoisotopic (exact) mass is 547 g/mol. The average Bonchev–Trinajstić information content (AvgIpc) is 3.25. The van der Waals surface area contributed by atoms with E-state index in [4.69, 9.17) is 0 Å². The molecule has 1 aliphatic carbocycles. The van der Waals surface area contributed by atoms with Crippen molar-refractivity contribution in [1.29, 1.82) is 0 Å². The van der Waals surface area contributed by atoms with Gasteiger partial charge in [0.15, 0.2) is 0 Å². The molecule has 0 radical (unpaired) electrons. The van der Waals surface area contributed by atoms with Gasteiger partial charge in [-0.05, 0) is 42.0 Å². The fourth-order valence-corrected chi connectivity index (χ4v) is 5.10. The maximum absolute atomic E-state index is 14.0. The predicted molar refractivity (Wildman–Crippen MR) is 135 cm³/mol. The molecule has 2 aromatic carbocycles. The minimum atomic E-state index is -4.60. The van der Waals surface area contributed by atoms with E-state index >= 15 is 0 Å². The Hall–Kier alpha value is -3.89. The number of carbonyl (C=O) groups is 3. The lowest BCUT2D eigenvalue weighted by molar-refractivity contribution is -0.149. The van der Waals surface area contributed by atoms with Crippen molar-refractivity contribution in [3.63, 3.8) is 0 Å². The molecule has 0 bridgehead atoms. The van der Waals surface area contributed by atoms with Gasteiger partial charge in [-0.15, -0.1) is 0 Å². The normalized spacial score (nSPS) is 18.7. The van der Waals surface area contributed by atoms with E-state index in [2.05, 4.69) is 15.6 Å². The van der Waals surface area contributed by atoms with Gasteiger partial charge in [-0.3, -0.25) is 9.59 Å². The number of aromatic nitrogens is 1. The largest absolute Gasteiger partial charge is 0.479 e. The number of hydrogen-bond donors (Lipinski definition) is 4. The first-order valence-corrected chi connectivity index (χ1v) is 12.6. The van der Waals surface area contributed by atoms with E-state index in [1.165, 1.54) is 30.3 Å². The lowest BCUT2D eigenvalue weighted by Gasteiger charge is -2.36. The quantitative estimate of drug-likeness (QED) is 0.311. The smallest absolute Gasteiger partial charge is 0.418 e. The Balaban J connectivity index is 1.60. The third kappa shape index (κ3) is 5.62. The number of hydrogen-bond acceptors (Lipinski definition) is 3. The van der Waals surface area contributed by atoms with Crippen LogP contribution in [0.15, 0.2) is 42.5 Å². The summed E-state index contributed by atoms with van der Waals surface area (Å²) in [5, 5.41) is 15.7. The lowest BCUT2D eigenvalue weighted by atomic mass is 9.79. The number of amides is 2. The second-order valence-corrected chi connectivity index (χ2v) is 10.1. The van der Waals surface area contributed by atoms with Crippen molar-refractivity contribution < 1.29 is 37.1 Å². The van der Waals surface area contributed by atoms with Gasteiger partial charge < -0.3 is 20.7 Å². The van der Waals surface area contributed by atoms with Crippen molar-refractivity contribution in [2.75, 3.05) is 0 Å². The molecular formula is C28H29F4N3O4. The Morgan fingerprint density at radius 1 is 1.13 bits per heavy atom. The molecule has 11 heteroatoms. The van der Waals surface area contributed by atoms with Crippen LogP contribution in [0.3, 0.4) is 0 Å². The van der Waals surface area contributed by atoms with Crippen LogP contribution in [0.5, 0.6) is 0 Å². The van der Waals surface area contributed by atoms with Crippen LogP contribution in [0.25, 0.3) is 10.9 Å². The molecule has 4 N–H and O–H groups in total. The number of rotatable bonds is 8. The number of fused-ring (bicyclic) bond motifs is 3. The number of benzene rings is 2. The van der Waals surface area contributed by atoms with Crippen LogP contribution in [-0.2, 0) is 39.8 Å². The number of carboxylic acid groups (broad SMARTS) is 1. The van der Waals surface area contributed by atoms with Crippen LogP contribution in [0, 0.1) is 11.7 Å². The molecule has 0 saturated heterocycles. The Labute approximate surface area is 222 Å². The summed E-state index contributed by atoms with van der Waals surface area (Å²) in [7, 11) is 0. The first kappa shape index (κ1) is 28.1. The summed E-state index contributed by atoms with van der Waals surface area (Å²) in [4.78, 5) is 41.5. The molecule has 3 atom stereocenters. The maximum Gasteiger partial charge on any atom is 0.418 e. The van der Waals surface area contributed by atoms with Gasteiger partial charge in [-0.2, -0.15) is 13.2 Å². The van der Waals surface area contributed by atoms with Crippen molar-refractivity contribution in [1.82, 2.24) is 15.6 Å². The zero-order valence-corrected chi connectivity index (χ0v) is 21.4. The molecule has 2 amide bonds. The van der Waals surface area contributed by atoms with E-state index in [0.29, 0.717) is 17.7 Å². The third-order valence-corrected chi connectivity index (χ3v) is 7.51. The Morgan fingerprint density at radius 2 is 1.85 bits per heavy atom. The molecular weight excluding hydrogens is 518 g/mol. The van der Waals surface area contributed by atoms with E-state index in [0.717, 1.165) is 6.07 Å². The number of halogens is 4. The molecule has 1 heterocycles. The topological polar surface area (TPSA) is 111 Å². The van der Waals surface area contributed by atoms with Gasteiger partial charge in [-0.1, -0.05) is 50.6 Å². The van der Waals surface area contributed by atoms with Crippen LogP contribution in [-0.4, -0.2) is 39.5 Å². The van der Waals surface area contributed by atoms with Gasteiger partial charge in [0.05, 0.1) is 17.5 Å². The average molecular weight is 548 g/mol. The maximum atomic E-state index is 14.0. The van der Waals surface area contributed by atoms with Gasteiger partial charge in [0.2, 0.25) is 11.8 Å². The number of aromatic amines is 1. The molecule has 208 valence electrons. The van der Waals surface area contributed by atoms with Crippen LogP contribution in [0.2, 0.25) is 0 Å². The molecule has 0 fully saturated rings. The highest BCUT2D eigenvalue weighted by Gasteiger charge is 2.46. The number of aliphatic carboxylic acids is 1. The second-order valence-electron chi connectivity index (χ2n) is 10.1. The van der Waals surface area contributed by atoms with E-state index in [1.54, 1.807) is 19.9 Å². The summed E-state index contributed by atoms with van der Waals surface area (Å²) in [6.45, 7) is 3.52. The Morgan fingerprint density at radius 3 is 2.49 bits per heavy atom. The molecule has 0 aliphatic heterocycles. The zero-order valence-electron chi connectivity index (χ0n) is 21.4. The first-order valence-electron chi connectivity index (χ1n) is 12.6. The zero-order chi connectivity index (χ0) is 28.5. The first-order chi connectivity index (χ1) is 18.4. The van der Waals surface area contributed by atoms with E-state index in [1.807, 2.05) is 0 Å². The summed E-state index contributed by atoms with van der Waals surface area (Å²) in [6.07, 6.45) is -4.63. The van der Waals surface area contributed by atoms with Crippen LogP contribution >= 0.6 is 0 Å². The van der Waals surface area contributed by atoms with Gasteiger partial charge in [-0.25, -0.2) is 9.18 Å². The number of H-pyrrole nitrogens is 1. The minimum Gasteiger partial charge on any atom is -0.479 e. The van der Waals surface area contributed by atoms with Crippen molar-refractivity contribution in [2.24, 2.45) is 5.92 Å². The van der Waals surface area contributed by atoms with Crippen molar-refractivity contribution >= 4 is 28.7 Å². The molecule has 4 rings (SSSR count). The van der Waals surface area contributed by atoms with Crippen LogP contribution in [0.1, 0.15) is 49.1 Å². The second kappa shape index (κ2) is 10.7. The molecule has 7 nitrogen and oxygen atoms in total. The molecule has 1 aliphatic rings. The van der Waals surface area contributed by atoms with Crippen molar-refractivity contribution in [2.45, 2.75) is 63.7 Å². The van der Waals surface area contributed by atoms with Gasteiger partial charge in [0, 0.05) is 17.5 Å². The van der Waals surface area contributed by atoms with Gasteiger partial charge in [0.25, 0.3) is 0 Å². The SMILES string of the molecule is CCC(C)[C@H](NC(=O)Cc1ccccc1F)C(=O)NC1(C(=O)O)CCc2[nH]c3c(C(F)(F)F)cccc3c2C1. The van der Waals surface area contributed by atoms with Crippen LogP contribution in [0.4, 0.5) is 17.6 Å². The molecule has 0 saturated carbocycles. The highest BCUT2D eigenvalue weighted by atomic mass is 19.4. The predicted octanol–water partition coefficient (Wildman–Crippen LogP) is 4.53. The molecule has 3 aromatic rings. The highest BCUT2D eigenvalue weighted by Crippen LogP contribution is 2.40.